The molecule has 0 aromatic rings. The fourth-order valence-electron chi connectivity index (χ4n) is 2.22. The summed E-state index contributed by atoms with van der Waals surface area (Å²) < 4.78 is 5.23. The molecule has 2 amide bonds. The van der Waals surface area contributed by atoms with Gasteiger partial charge in [0.2, 0.25) is 0 Å². The van der Waals surface area contributed by atoms with E-state index in [1.54, 1.807) is 20.8 Å². The lowest BCUT2D eigenvalue weighted by molar-refractivity contribution is -0.143. The van der Waals surface area contributed by atoms with Gasteiger partial charge in [-0.15, -0.1) is 0 Å². The van der Waals surface area contributed by atoms with Crippen LogP contribution in [0.5, 0.6) is 0 Å². The Morgan fingerprint density at radius 2 is 2.00 bits per heavy atom. The Morgan fingerprint density at radius 3 is 2.50 bits per heavy atom. The third-order valence-corrected chi connectivity index (χ3v) is 3.55. The van der Waals surface area contributed by atoms with Gasteiger partial charge in [0.25, 0.3) is 5.91 Å². The van der Waals surface area contributed by atoms with Gasteiger partial charge in [-0.2, -0.15) is 5.26 Å². The van der Waals surface area contributed by atoms with Crippen molar-refractivity contribution in [2.24, 2.45) is 5.92 Å². The molecule has 0 spiro atoms. The minimum absolute atomic E-state index is 0.0545. The van der Waals surface area contributed by atoms with Crippen molar-refractivity contribution < 1.29 is 14.3 Å². The third-order valence-electron chi connectivity index (χ3n) is 3.55. The molecule has 1 aliphatic rings. The van der Waals surface area contributed by atoms with E-state index in [1.165, 1.54) is 10.0 Å². The molecule has 2 atom stereocenters. The van der Waals surface area contributed by atoms with Crippen molar-refractivity contribution in [3.63, 3.8) is 0 Å². The molecule has 22 heavy (non-hydrogen) atoms. The van der Waals surface area contributed by atoms with Crippen LogP contribution in [-0.2, 0) is 9.53 Å². The van der Waals surface area contributed by atoms with Crippen LogP contribution in [-0.4, -0.2) is 46.8 Å². The summed E-state index contributed by atoms with van der Waals surface area (Å²) >= 11 is 0. The number of nitrogens with one attached hydrogen (secondary N) is 1. The van der Waals surface area contributed by atoms with Gasteiger partial charge in [-0.25, -0.2) is 14.8 Å². The molecule has 0 aliphatic carbocycles. The number of rotatable bonds is 4. The highest BCUT2D eigenvalue weighted by atomic mass is 16.6. The molecular weight excluding hydrogens is 284 g/mol. The van der Waals surface area contributed by atoms with E-state index in [9.17, 15) is 9.59 Å². The van der Waals surface area contributed by atoms with Crippen LogP contribution < -0.4 is 5.32 Å². The number of nitrogens with zero attached hydrogens (tertiary/aromatic N) is 3. The highest BCUT2D eigenvalue weighted by Crippen LogP contribution is 2.17. The first-order valence-corrected chi connectivity index (χ1v) is 7.67. The summed E-state index contributed by atoms with van der Waals surface area (Å²) in [6.07, 6.45) is 2.85. The lowest BCUT2D eigenvalue weighted by atomic mass is 9.98. The Balaban J connectivity index is 2.82. The zero-order valence-corrected chi connectivity index (χ0v) is 14.0. The van der Waals surface area contributed by atoms with E-state index in [1.807, 2.05) is 20.0 Å². The fourth-order valence-corrected chi connectivity index (χ4v) is 2.22. The topological polar surface area (TPSA) is 85.7 Å². The molecule has 1 aliphatic heterocycles. The molecule has 0 aromatic carbocycles. The second-order valence-electron chi connectivity index (χ2n) is 6.55. The predicted octanol–water partition coefficient (Wildman–Crippen LogP) is 1.86. The van der Waals surface area contributed by atoms with Crippen molar-refractivity contribution in [1.82, 2.24) is 15.3 Å². The maximum Gasteiger partial charge on any atom is 0.408 e. The molecule has 7 heteroatoms. The van der Waals surface area contributed by atoms with Gasteiger partial charge in [-0.05, 0) is 33.1 Å². The van der Waals surface area contributed by atoms with E-state index in [4.69, 9.17) is 10.00 Å². The Labute approximate surface area is 132 Å². The SMILES string of the molecule is CCC(C)C(NC(=O)OC(C)(C)C)C(=O)N1CCCN1C#N. The highest BCUT2D eigenvalue weighted by Gasteiger charge is 2.35. The molecule has 0 radical (unpaired) electrons. The molecule has 7 nitrogen and oxygen atoms in total. The van der Waals surface area contributed by atoms with Crippen LogP contribution in [0.3, 0.4) is 0 Å². The van der Waals surface area contributed by atoms with Gasteiger partial charge in [0.15, 0.2) is 6.19 Å². The van der Waals surface area contributed by atoms with Gasteiger partial charge in [-0.1, -0.05) is 20.3 Å². The van der Waals surface area contributed by atoms with Gasteiger partial charge in [0.05, 0.1) is 6.54 Å². The second-order valence-corrected chi connectivity index (χ2v) is 6.55. The van der Waals surface area contributed by atoms with Crippen LogP contribution in [0, 0.1) is 17.4 Å². The Morgan fingerprint density at radius 1 is 1.36 bits per heavy atom. The summed E-state index contributed by atoms with van der Waals surface area (Å²) in [6, 6.07) is -0.700. The minimum atomic E-state index is -0.700. The molecule has 0 saturated carbocycles. The molecular formula is C15H26N4O3. The number of ether oxygens (including phenoxy) is 1. The molecule has 1 fully saturated rings. The van der Waals surface area contributed by atoms with Gasteiger partial charge >= 0.3 is 6.09 Å². The Hall–Kier alpha value is -1.97. The van der Waals surface area contributed by atoms with Crippen LogP contribution in [0.25, 0.3) is 0 Å². The second kappa shape index (κ2) is 7.34. The van der Waals surface area contributed by atoms with Crippen LogP contribution in [0.15, 0.2) is 0 Å². The largest absolute Gasteiger partial charge is 0.444 e. The normalized spacial score (nSPS) is 17.6. The molecule has 124 valence electrons. The van der Waals surface area contributed by atoms with Gasteiger partial charge in [0, 0.05) is 6.54 Å². The summed E-state index contributed by atoms with van der Waals surface area (Å²) in [7, 11) is 0. The number of hydrogen-bond donors (Lipinski definition) is 1. The maximum atomic E-state index is 12.7. The van der Waals surface area contributed by atoms with E-state index in [-0.39, 0.29) is 11.8 Å². The van der Waals surface area contributed by atoms with Crippen LogP contribution in [0.4, 0.5) is 4.79 Å². The van der Waals surface area contributed by atoms with Crippen molar-refractivity contribution in [2.45, 2.75) is 59.1 Å². The predicted molar refractivity (Wildman–Crippen MR) is 81.3 cm³/mol. The standard InChI is InChI=1S/C15H26N4O3/c1-6-11(2)12(17-14(21)22-15(3,4)5)13(20)19-9-7-8-18(19)10-16/h11-12H,6-9H2,1-5H3,(H,17,21). The van der Waals surface area contributed by atoms with E-state index in [0.29, 0.717) is 13.1 Å². The molecule has 1 N–H and O–H groups in total. The summed E-state index contributed by atoms with van der Waals surface area (Å²) in [4.78, 5) is 24.7. The van der Waals surface area contributed by atoms with E-state index in [2.05, 4.69) is 5.32 Å². The number of amides is 2. The first-order chi connectivity index (χ1) is 10.2. The first kappa shape index (κ1) is 18.1. The Kier molecular flexibility index (Phi) is 6.03. The molecule has 1 heterocycles. The van der Waals surface area contributed by atoms with Crippen molar-refractivity contribution in [2.75, 3.05) is 13.1 Å². The first-order valence-electron chi connectivity index (χ1n) is 7.67. The number of hydrazine groups is 1. The summed E-state index contributed by atoms with van der Waals surface area (Å²) in [5, 5.41) is 14.5. The van der Waals surface area contributed by atoms with Crippen molar-refractivity contribution >= 4 is 12.0 Å². The summed E-state index contributed by atoms with van der Waals surface area (Å²) in [5.41, 5.74) is -0.626. The zero-order valence-electron chi connectivity index (χ0n) is 14.0. The lowest BCUT2D eigenvalue weighted by Crippen LogP contribution is -2.54. The quantitative estimate of drug-likeness (QED) is 0.801. The van der Waals surface area contributed by atoms with Crippen molar-refractivity contribution in [3.05, 3.63) is 0 Å². The van der Waals surface area contributed by atoms with Crippen molar-refractivity contribution in [3.8, 4) is 6.19 Å². The molecule has 1 rings (SSSR count). The highest BCUT2D eigenvalue weighted by molar-refractivity contribution is 5.86. The van der Waals surface area contributed by atoms with E-state index >= 15 is 0 Å². The van der Waals surface area contributed by atoms with Gasteiger partial charge in [-0.3, -0.25) is 4.79 Å². The monoisotopic (exact) mass is 310 g/mol. The van der Waals surface area contributed by atoms with E-state index < -0.39 is 17.7 Å². The smallest absolute Gasteiger partial charge is 0.408 e. The zero-order chi connectivity index (χ0) is 16.9. The number of hydrogen-bond acceptors (Lipinski definition) is 5. The maximum absolute atomic E-state index is 12.7. The number of alkyl carbamates (subject to hydrolysis) is 1. The summed E-state index contributed by atoms with van der Waals surface area (Å²) in [5.74, 6) is -0.319. The average molecular weight is 310 g/mol. The minimum Gasteiger partial charge on any atom is -0.444 e. The molecule has 1 saturated heterocycles. The lowest BCUT2D eigenvalue weighted by Gasteiger charge is -2.31. The number of carbonyl (C=O) groups excluding carboxylic acids is 2. The van der Waals surface area contributed by atoms with Crippen LogP contribution in [0.1, 0.15) is 47.5 Å². The number of carbonyl (C=O) groups is 2. The van der Waals surface area contributed by atoms with Crippen LogP contribution >= 0.6 is 0 Å². The third kappa shape index (κ3) is 4.79. The van der Waals surface area contributed by atoms with Gasteiger partial charge in [0.1, 0.15) is 11.6 Å². The van der Waals surface area contributed by atoms with Crippen molar-refractivity contribution in [1.29, 1.82) is 5.26 Å². The number of nitriles is 1. The molecule has 0 aromatic heterocycles. The summed E-state index contributed by atoms with van der Waals surface area (Å²) in [6.45, 7) is 10.2. The Bertz CT molecular complexity index is 453. The fraction of sp³-hybridized carbons (Fsp3) is 0.800. The van der Waals surface area contributed by atoms with Gasteiger partial charge < -0.3 is 10.1 Å². The molecule has 2 unspecified atom stereocenters. The average Bonchev–Trinajstić information content (AvgIpc) is 2.89. The van der Waals surface area contributed by atoms with Crippen LogP contribution in [0.2, 0.25) is 0 Å². The van der Waals surface area contributed by atoms with E-state index in [0.717, 1.165) is 12.8 Å². The molecule has 0 bridgehead atoms.